The Hall–Kier alpha value is -0.780. The highest BCUT2D eigenvalue weighted by Gasteiger charge is 2.23. The van der Waals surface area contributed by atoms with Gasteiger partial charge in [0, 0.05) is 20.1 Å². The Balaban J connectivity index is 2.52. The molecule has 0 unspecified atom stereocenters. The number of hydrogen-bond donors (Lipinski definition) is 1. The van der Waals surface area contributed by atoms with Gasteiger partial charge >= 0.3 is 6.03 Å². The predicted molar refractivity (Wildman–Crippen MR) is 44.7 cm³/mol. The lowest BCUT2D eigenvalue weighted by molar-refractivity contribution is 0.204. The molecular weight excluding hydrogens is 180 g/mol. The van der Waals surface area contributed by atoms with E-state index in [9.17, 15) is 13.2 Å². The summed E-state index contributed by atoms with van der Waals surface area (Å²) in [4.78, 5) is 12.5. The first kappa shape index (κ1) is 9.31. The smallest absolute Gasteiger partial charge is 0.317 e. The van der Waals surface area contributed by atoms with Gasteiger partial charge in [0.25, 0.3) is 0 Å². The van der Waals surface area contributed by atoms with Crippen molar-refractivity contribution in [3.63, 3.8) is 0 Å². The van der Waals surface area contributed by atoms with Gasteiger partial charge in [-0.2, -0.15) is 0 Å². The third-order valence-corrected chi connectivity index (χ3v) is 3.45. The SMILES string of the molecule is CNC(=O)N1CCS(=O)(=O)CC1. The van der Waals surface area contributed by atoms with Crippen LogP contribution in [0, 0.1) is 0 Å². The van der Waals surface area contributed by atoms with Crippen LogP contribution >= 0.6 is 0 Å². The van der Waals surface area contributed by atoms with E-state index in [1.165, 1.54) is 11.9 Å². The van der Waals surface area contributed by atoms with Gasteiger partial charge in [-0.15, -0.1) is 0 Å². The molecule has 12 heavy (non-hydrogen) atoms. The summed E-state index contributed by atoms with van der Waals surface area (Å²) >= 11 is 0. The summed E-state index contributed by atoms with van der Waals surface area (Å²) in [5.74, 6) is 0.167. The highest BCUT2D eigenvalue weighted by Crippen LogP contribution is 2.02. The van der Waals surface area contributed by atoms with Crippen molar-refractivity contribution in [1.82, 2.24) is 10.2 Å². The number of urea groups is 1. The molecule has 1 saturated heterocycles. The summed E-state index contributed by atoms with van der Waals surface area (Å²) in [6.07, 6.45) is 0. The Morgan fingerprint density at radius 1 is 1.33 bits per heavy atom. The molecule has 0 saturated carbocycles. The third kappa shape index (κ3) is 2.10. The number of carbonyl (C=O) groups excluding carboxylic acids is 1. The number of carbonyl (C=O) groups is 1. The maximum atomic E-state index is 11.0. The number of rotatable bonds is 0. The van der Waals surface area contributed by atoms with Gasteiger partial charge < -0.3 is 10.2 Å². The number of sulfone groups is 1. The Kier molecular flexibility index (Phi) is 2.56. The Labute approximate surface area is 71.7 Å². The molecule has 0 radical (unpaired) electrons. The molecule has 70 valence electrons. The molecule has 1 N–H and O–H groups in total. The quantitative estimate of drug-likeness (QED) is 0.538. The summed E-state index contributed by atoms with van der Waals surface area (Å²) in [6, 6.07) is -0.204. The molecule has 1 heterocycles. The third-order valence-electron chi connectivity index (χ3n) is 1.85. The standard InChI is InChI=1S/C6H12N2O3S/c1-7-6(9)8-2-4-12(10,11)5-3-8/h2-5H2,1H3,(H,7,9). The fourth-order valence-electron chi connectivity index (χ4n) is 1.07. The van der Waals surface area contributed by atoms with Crippen molar-refractivity contribution in [1.29, 1.82) is 0 Å². The van der Waals surface area contributed by atoms with Gasteiger partial charge in [0.15, 0.2) is 9.84 Å². The molecule has 0 atom stereocenters. The van der Waals surface area contributed by atoms with E-state index in [0.717, 1.165) is 0 Å². The fourth-order valence-corrected chi connectivity index (χ4v) is 2.27. The molecule has 1 aliphatic rings. The van der Waals surface area contributed by atoms with Gasteiger partial charge in [0.2, 0.25) is 0 Å². The molecule has 0 bridgehead atoms. The molecule has 1 fully saturated rings. The van der Waals surface area contributed by atoms with Gasteiger partial charge in [-0.05, 0) is 0 Å². The molecule has 1 aliphatic heterocycles. The van der Waals surface area contributed by atoms with Crippen molar-refractivity contribution in [3.8, 4) is 0 Å². The normalized spacial score (nSPS) is 21.9. The first-order valence-electron chi connectivity index (χ1n) is 3.72. The number of nitrogens with one attached hydrogen (secondary N) is 1. The monoisotopic (exact) mass is 192 g/mol. The van der Waals surface area contributed by atoms with Crippen molar-refractivity contribution in [3.05, 3.63) is 0 Å². The summed E-state index contributed by atoms with van der Waals surface area (Å²) in [6.45, 7) is 0.615. The van der Waals surface area contributed by atoms with Crippen LogP contribution in [-0.4, -0.2) is 51.0 Å². The van der Waals surface area contributed by atoms with E-state index in [0.29, 0.717) is 13.1 Å². The van der Waals surface area contributed by atoms with E-state index in [4.69, 9.17) is 0 Å². The lowest BCUT2D eigenvalue weighted by Gasteiger charge is -2.25. The average molecular weight is 192 g/mol. The summed E-state index contributed by atoms with van der Waals surface area (Å²) < 4.78 is 21.9. The van der Waals surface area contributed by atoms with Crippen LogP contribution in [0.15, 0.2) is 0 Å². The van der Waals surface area contributed by atoms with Crippen LogP contribution in [0.1, 0.15) is 0 Å². The van der Waals surface area contributed by atoms with Crippen LogP contribution < -0.4 is 5.32 Å². The molecule has 0 aromatic heterocycles. The van der Waals surface area contributed by atoms with Crippen LogP contribution in [0.3, 0.4) is 0 Å². The number of nitrogens with zero attached hydrogens (tertiary/aromatic N) is 1. The van der Waals surface area contributed by atoms with Crippen molar-refractivity contribution in [2.24, 2.45) is 0 Å². The first-order chi connectivity index (χ1) is 5.55. The second-order valence-electron chi connectivity index (χ2n) is 2.69. The van der Waals surface area contributed by atoms with Gasteiger partial charge in [0.05, 0.1) is 11.5 Å². The van der Waals surface area contributed by atoms with E-state index in [-0.39, 0.29) is 17.5 Å². The second-order valence-corrected chi connectivity index (χ2v) is 5.00. The second kappa shape index (κ2) is 3.30. The molecule has 5 nitrogen and oxygen atoms in total. The predicted octanol–water partition coefficient (Wildman–Crippen LogP) is -0.944. The van der Waals surface area contributed by atoms with Crippen LogP contribution in [0.25, 0.3) is 0 Å². The maximum absolute atomic E-state index is 11.0. The fraction of sp³-hybridized carbons (Fsp3) is 0.833. The minimum absolute atomic E-state index is 0.0837. The van der Waals surface area contributed by atoms with E-state index in [1.54, 1.807) is 0 Å². The largest absolute Gasteiger partial charge is 0.341 e. The minimum Gasteiger partial charge on any atom is -0.341 e. The molecule has 0 aromatic rings. The van der Waals surface area contributed by atoms with Gasteiger partial charge in [-0.25, -0.2) is 13.2 Å². The lowest BCUT2D eigenvalue weighted by atomic mass is 10.5. The average Bonchev–Trinajstić information content (AvgIpc) is 2.03. The van der Waals surface area contributed by atoms with Crippen molar-refractivity contribution >= 4 is 15.9 Å². The maximum Gasteiger partial charge on any atom is 0.317 e. The molecule has 2 amide bonds. The Bertz CT molecular complexity index is 259. The Morgan fingerprint density at radius 3 is 2.25 bits per heavy atom. The molecule has 0 aliphatic carbocycles. The first-order valence-corrected chi connectivity index (χ1v) is 5.54. The van der Waals surface area contributed by atoms with Crippen LogP contribution in [-0.2, 0) is 9.84 Å². The Morgan fingerprint density at radius 2 is 1.83 bits per heavy atom. The van der Waals surface area contributed by atoms with Gasteiger partial charge in [-0.3, -0.25) is 0 Å². The van der Waals surface area contributed by atoms with E-state index >= 15 is 0 Å². The van der Waals surface area contributed by atoms with Crippen molar-refractivity contribution in [2.75, 3.05) is 31.6 Å². The van der Waals surface area contributed by atoms with Crippen molar-refractivity contribution < 1.29 is 13.2 Å². The summed E-state index contributed by atoms with van der Waals surface area (Å²) in [7, 11) is -1.35. The molecule has 6 heteroatoms. The minimum atomic E-state index is -2.88. The zero-order valence-corrected chi connectivity index (χ0v) is 7.73. The summed E-state index contributed by atoms with van der Waals surface area (Å²) in [5, 5.41) is 2.45. The number of amides is 2. The van der Waals surface area contributed by atoms with Crippen molar-refractivity contribution in [2.45, 2.75) is 0 Å². The van der Waals surface area contributed by atoms with Crippen LogP contribution in [0.2, 0.25) is 0 Å². The lowest BCUT2D eigenvalue weighted by Crippen LogP contribution is -2.47. The summed E-state index contributed by atoms with van der Waals surface area (Å²) in [5.41, 5.74) is 0. The molecule has 0 aromatic carbocycles. The van der Waals surface area contributed by atoms with Gasteiger partial charge in [-0.1, -0.05) is 0 Å². The van der Waals surface area contributed by atoms with Gasteiger partial charge in [0.1, 0.15) is 0 Å². The van der Waals surface area contributed by atoms with E-state index in [1.807, 2.05) is 0 Å². The highest BCUT2D eigenvalue weighted by atomic mass is 32.2. The molecule has 0 spiro atoms. The highest BCUT2D eigenvalue weighted by molar-refractivity contribution is 7.91. The molecular formula is C6H12N2O3S. The van der Waals surface area contributed by atoms with E-state index < -0.39 is 9.84 Å². The van der Waals surface area contributed by atoms with E-state index in [2.05, 4.69) is 5.32 Å². The zero-order valence-electron chi connectivity index (χ0n) is 6.91. The topological polar surface area (TPSA) is 66.5 Å². The zero-order chi connectivity index (χ0) is 9.19. The number of hydrogen-bond acceptors (Lipinski definition) is 3. The molecule has 1 rings (SSSR count). The van der Waals surface area contributed by atoms with Crippen LogP contribution in [0.5, 0.6) is 0 Å². The van der Waals surface area contributed by atoms with Crippen LogP contribution in [0.4, 0.5) is 4.79 Å².